The molecule has 3 rings (SSSR count). The van der Waals surface area contributed by atoms with E-state index in [1.54, 1.807) is 6.20 Å². The van der Waals surface area contributed by atoms with Gasteiger partial charge in [-0.3, -0.25) is 4.90 Å². The second kappa shape index (κ2) is 4.83. The lowest BCUT2D eigenvalue weighted by molar-refractivity contribution is 0.154. The number of H-pyrrole nitrogens is 1. The Morgan fingerprint density at radius 3 is 2.94 bits per heavy atom. The molecule has 1 unspecified atom stereocenters. The Balaban J connectivity index is 1.76. The molecule has 2 aromatic rings. The monoisotopic (exact) mass is 249 g/mol. The van der Waals surface area contributed by atoms with Crippen LogP contribution < -0.4 is 5.32 Å². The number of aromatic amines is 1. The van der Waals surface area contributed by atoms with Crippen LogP contribution in [0.5, 0.6) is 0 Å². The molecule has 0 aromatic carbocycles. The normalized spacial score (nSPS) is 18.9. The second-order valence-corrected chi connectivity index (χ2v) is 4.27. The Morgan fingerprint density at radius 1 is 1.39 bits per heavy atom. The molecule has 3 heterocycles. The summed E-state index contributed by atoms with van der Waals surface area (Å²) in [5.74, 6) is 1.09. The number of hydrogen-bond acceptors (Lipinski definition) is 7. The lowest BCUT2D eigenvalue weighted by atomic mass is 10.2. The Morgan fingerprint density at radius 2 is 2.22 bits per heavy atom. The number of aromatic nitrogens is 5. The molecule has 1 saturated heterocycles. The highest BCUT2D eigenvalue weighted by molar-refractivity contribution is 5.44. The largest absolute Gasteiger partial charge is 0.337 e. The van der Waals surface area contributed by atoms with Gasteiger partial charge in [-0.1, -0.05) is 5.16 Å². The molecule has 0 radical (unpaired) electrons. The minimum Gasteiger partial charge on any atom is -0.337 e. The van der Waals surface area contributed by atoms with Gasteiger partial charge in [0.2, 0.25) is 11.7 Å². The van der Waals surface area contributed by atoms with E-state index >= 15 is 0 Å². The summed E-state index contributed by atoms with van der Waals surface area (Å²) in [6.45, 7) is 6.04. The van der Waals surface area contributed by atoms with Gasteiger partial charge in [-0.15, -0.1) is 0 Å². The average Bonchev–Trinajstić information content (AvgIpc) is 3.09. The molecular weight excluding hydrogens is 234 g/mol. The first-order valence-corrected chi connectivity index (χ1v) is 5.99. The summed E-state index contributed by atoms with van der Waals surface area (Å²) in [6, 6.07) is 0.125. The molecule has 0 amide bonds. The molecule has 0 aliphatic carbocycles. The van der Waals surface area contributed by atoms with Gasteiger partial charge in [0.25, 0.3) is 0 Å². The molecule has 0 spiro atoms. The van der Waals surface area contributed by atoms with Gasteiger partial charge in [-0.05, 0) is 6.92 Å². The second-order valence-electron chi connectivity index (χ2n) is 4.27. The van der Waals surface area contributed by atoms with Crippen molar-refractivity contribution in [3.05, 3.63) is 12.1 Å². The molecule has 0 saturated carbocycles. The number of piperazine rings is 1. The van der Waals surface area contributed by atoms with Gasteiger partial charge in [0.05, 0.1) is 12.2 Å². The van der Waals surface area contributed by atoms with Crippen molar-refractivity contribution in [1.82, 2.24) is 35.8 Å². The van der Waals surface area contributed by atoms with E-state index in [4.69, 9.17) is 4.52 Å². The highest BCUT2D eigenvalue weighted by atomic mass is 16.5. The predicted octanol–water partition coefficient (Wildman–Crippen LogP) is -0.179. The highest BCUT2D eigenvalue weighted by Crippen LogP contribution is 2.21. The van der Waals surface area contributed by atoms with Gasteiger partial charge in [0.1, 0.15) is 0 Å². The predicted molar refractivity (Wildman–Crippen MR) is 62.5 cm³/mol. The quantitative estimate of drug-likeness (QED) is 0.779. The fourth-order valence-corrected chi connectivity index (χ4v) is 2.04. The van der Waals surface area contributed by atoms with E-state index in [2.05, 4.69) is 42.7 Å². The highest BCUT2D eigenvalue weighted by Gasteiger charge is 2.23. The van der Waals surface area contributed by atoms with Crippen LogP contribution in [0.2, 0.25) is 0 Å². The van der Waals surface area contributed by atoms with Crippen molar-refractivity contribution in [2.75, 3.05) is 26.2 Å². The van der Waals surface area contributed by atoms with E-state index in [-0.39, 0.29) is 6.04 Å². The van der Waals surface area contributed by atoms with Crippen LogP contribution in [0.3, 0.4) is 0 Å². The topological polar surface area (TPSA) is 95.8 Å². The van der Waals surface area contributed by atoms with Crippen LogP contribution in [0.15, 0.2) is 10.7 Å². The zero-order chi connectivity index (χ0) is 12.4. The molecule has 1 fully saturated rings. The summed E-state index contributed by atoms with van der Waals surface area (Å²) in [5.41, 5.74) is 0.595. The van der Waals surface area contributed by atoms with Crippen molar-refractivity contribution in [3.8, 4) is 11.5 Å². The van der Waals surface area contributed by atoms with Crippen molar-refractivity contribution in [1.29, 1.82) is 0 Å². The van der Waals surface area contributed by atoms with Gasteiger partial charge < -0.3 is 9.84 Å². The zero-order valence-electron chi connectivity index (χ0n) is 10.1. The van der Waals surface area contributed by atoms with E-state index in [1.165, 1.54) is 0 Å². The minimum atomic E-state index is 0.125. The van der Waals surface area contributed by atoms with E-state index in [0.29, 0.717) is 17.4 Å². The van der Waals surface area contributed by atoms with Crippen LogP contribution in [0.25, 0.3) is 11.5 Å². The van der Waals surface area contributed by atoms with E-state index in [1.807, 2.05) is 0 Å². The molecule has 0 bridgehead atoms. The number of nitrogens with one attached hydrogen (secondary N) is 2. The summed E-state index contributed by atoms with van der Waals surface area (Å²) in [6.07, 6.45) is 1.57. The molecule has 1 aliphatic rings. The summed E-state index contributed by atoms with van der Waals surface area (Å²) < 4.78 is 5.30. The molecule has 1 aliphatic heterocycles. The third-order valence-electron chi connectivity index (χ3n) is 3.14. The number of nitrogens with zero attached hydrogens (tertiary/aromatic N) is 5. The van der Waals surface area contributed by atoms with Crippen LogP contribution in [-0.2, 0) is 0 Å². The minimum absolute atomic E-state index is 0.125. The molecule has 96 valence electrons. The first kappa shape index (κ1) is 11.3. The van der Waals surface area contributed by atoms with Gasteiger partial charge in [0, 0.05) is 26.2 Å². The van der Waals surface area contributed by atoms with Crippen LogP contribution in [-0.4, -0.2) is 56.6 Å². The molecule has 8 nitrogen and oxygen atoms in total. The maximum atomic E-state index is 5.30. The SMILES string of the molecule is CC(c1nc(-c2cn[nH]n2)no1)N1CCNCC1. The Labute approximate surface area is 104 Å². The van der Waals surface area contributed by atoms with Crippen molar-refractivity contribution < 1.29 is 4.52 Å². The lowest BCUT2D eigenvalue weighted by Crippen LogP contribution is -2.44. The Bertz CT molecular complexity index is 488. The third-order valence-corrected chi connectivity index (χ3v) is 3.14. The third kappa shape index (κ3) is 2.12. The maximum Gasteiger partial charge on any atom is 0.244 e. The van der Waals surface area contributed by atoms with Crippen molar-refractivity contribution in [3.63, 3.8) is 0 Å². The van der Waals surface area contributed by atoms with Gasteiger partial charge in [0.15, 0.2) is 5.69 Å². The average molecular weight is 249 g/mol. The lowest BCUT2D eigenvalue weighted by Gasteiger charge is -2.30. The number of rotatable bonds is 3. The maximum absolute atomic E-state index is 5.30. The molecular formula is C10H15N7O. The number of hydrogen-bond donors (Lipinski definition) is 2. The standard InChI is InChI=1S/C10H15N7O/c1-7(17-4-2-11-3-5-17)10-13-9(15-18-10)8-6-12-16-14-8/h6-7,11H,2-5H2,1H3,(H,12,14,16). The van der Waals surface area contributed by atoms with Gasteiger partial charge >= 0.3 is 0 Å². The van der Waals surface area contributed by atoms with Crippen LogP contribution in [0.4, 0.5) is 0 Å². The van der Waals surface area contributed by atoms with Gasteiger partial charge in [-0.25, -0.2) is 0 Å². The van der Waals surface area contributed by atoms with E-state index in [0.717, 1.165) is 26.2 Å². The molecule has 8 heteroatoms. The Kier molecular flexibility index (Phi) is 3.03. The zero-order valence-corrected chi connectivity index (χ0v) is 10.1. The van der Waals surface area contributed by atoms with Crippen molar-refractivity contribution in [2.24, 2.45) is 0 Å². The van der Waals surface area contributed by atoms with Crippen LogP contribution in [0, 0.1) is 0 Å². The molecule has 2 aromatic heterocycles. The Hall–Kier alpha value is -1.80. The van der Waals surface area contributed by atoms with E-state index < -0.39 is 0 Å². The van der Waals surface area contributed by atoms with E-state index in [9.17, 15) is 0 Å². The first-order chi connectivity index (χ1) is 8.84. The molecule has 1 atom stereocenters. The summed E-state index contributed by atoms with van der Waals surface area (Å²) in [5, 5.41) is 17.4. The fourth-order valence-electron chi connectivity index (χ4n) is 2.04. The summed E-state index contributed by atoms with van der Waals surface area (Å²) in [7, 11) is 0. The van der Waals surface area contributed by atoms with Crippen molar-refractivity contribution in [2.45, 2.75) is 13.0 Å². The first-order valence-electron chi connectivity index (χ1n) is 5.99. The summed E-state index contributed by atoms with van der Waals surface area (Å²) in [4.78, 5) is 6.68. The van der Waals surface area contributed by atoms with Crippen LogP contribution in [0.1, 0.15) is 18.9 Å². The molecule has 18 heavy (non-hydrogen) atoms. The van der Waals surface area contributed by atoms with Gasteiger partial charge in [-0.2, -0.15) is 20.4 Å². The van der Waals surface area contributed by atoms with Crippen LogP contribution >= 0.6 is 0 Å². The summed E-state index contributed by atoms with van der Waals surface area (Å²) >= 11 is 0. The van der Waals surface area contributed by atoms with Crippen molar-refractivity contribution >= 4 is 0 Å². The fraction of sp³-hybridized carbons (Fsp3) is 0.600. The smallest absolute Gasteiger partial charge is 0.244 e. The molecule has 2 N–H and O–H groups in total.